The van der Waals surface area contributed by atoms with Crippen molar-refractivity contribution >= 4 is 17.0 Å². The van der Waals surface area contributed by atoms with Gasteiger partial charge in [-0.05, 0) is 54.0 Å². The largest absolute Gasteiger partial charge is 0.367 e. The number of halogens is 2. The molecule has 0 spiro atoms. The van der Waals surface area contributed by atoms with Gasteiger partial charge in [-0.15, -0.1) is 5.10 Å². The number of rotatable bonds is 3. The SMILES string of the molecule is CC1CCC(C)(C)CC1.Nc1nc(CC(F)F)c2c(-c3ccn4nccc4c3)ccn2n1. The number of hydrogen-bond donors (Lipinski definition) is 1. The molecule has 2 N–H and O–H groups in total. The van der Waals surface area contributed by atoms with Crippen molar-refractivity contribution < 1.29 is 8.78 Å². The van der Waals surface area contributed by atoms with Crippen molar-refractivity contribution in [1.29, 1.82) is 0 Å². The molecule has 0 radical (unpaired) electrons. The van der Waals surface area contributed by atoms with E-state index in [0.717, 1.165) is 22.6 Å². The lowest BCUT2D eigenvalue weighted by Crippen LogP contribution is -2.19. The van der Waals surface area contributed by atoms with Gasteiger partial charge in [0.15, 0.2) is 0 Å². The number of pyridine rings is 1. The quantitative estimate of drug-likeness (QED) is 0.446. The number of nitrogens with zero attached hydrogens (tertiary/aromatic N) is 5. The predicted molar refractivity (Wildman–Crippen MR) is 123 cm³/mol. The van der Waals surface area contributed by atoms with Crippen molar-refractivity contribution in [3.63, 3.8) is 0 Å². The lowest BCUT2D eigenvalue weighted by Gasteiger charge is -2.32. The Kier molecular flexibility index (Phi) is 6.13. The molecule has 1 aliphatic carbocycles. The Morgan fingerprint density at radius 2 is 1.84 bits per heavy atom. The number of nitrogens with two attached hydrogens (primary N) is 1. The number of nitrogen functional groups attached to an aromatic ring is 1. The minimum absolute atomic E-state index is 0.0263. The molecule has 0 aromatic carbocycles. The smallest absolute Gasteiger partial charge is 0.244 e. The van der Waals surface area contributed by atoms with Crippen molar-refractivity contribution in [2.45, 2.75) is 59.3 Å². The molecule has 0 amide bonds. The van der Waals surface area contributed by atoms with E-state index in [9.17, 15) is 8.78 Å². The van der Waals surface area contributed by atoms with Gasteiger partial charge in [0.25, 0.3) is 0 Å². The summed E-state index contributed by atoms with van der Waals surface area (Å²) < 4.78 is 29.0. The molecule has 0 unspecified atom stereocenters. The number of alkyl halides is 2. The number of hydrogen-bond acceptors (Lipinski definition) is 4. The third-order valence-corrected chi connectivity index (χ3v) is 6.29. The Hall–Kier alpha value is -3.03. The molecule has 8 heteroatoms. The zero-order chi connectivity index (χ0) is 22.9. The highest BCUT2D eigenvalue weighted by Gasteiger charge is 2.24. The molecule has 170 valence electrons. The molecule has 32 heavy (non-hydrogen) atoms. The Bertz CT molecular complexity index is 1200. The Morgan fingerprint density at radius 1 is 1.12 bits per heavy atom. The van der Waals surface area contributed by atoms with Crippen LogP contribution < -0.4 is 5.73 Å². The van der Waals surface area contributed by atoms with Crippen LogP contribution >= 0.6 is 0 Å². The zero-order valence-corrected chi connectivity index (χ0v) is 18.8. The van der Waals surface area contributed by atoms with Gasteiger partial charge in [0.1, 0.15) is 0 Å². The van der Waals surface area contributed by atoms with Gasteiger partial charge in [-0.2, -0.15) is 5.10 Å². The molecular formula is C24H30F2N6. The van der Waals surface area contributed by atoms with Crippen LogP contribution in [0.1, 0.15) is 52.1 Å². The van der Waals surface area contributed by atoms with Crippen molar-refractivity contribution in [2.24, 2.45) is 11.3 Å². The van der Waals surface area contributed by atoms with Crippen LogP contribution in [0.3, 0.4) is 0 Å². The first-order chi connectivity index (χ1) is 15.2. The summed E-state index contributed by atoms with van der Waals surface area (Å²) in [5.41, 5.74) is 9.62. The van der Waals surface area contributed by atoms with E-state index in [1.165, 1.54) is 30.2 Å². The van der Waals surface area contributed by atoms with Gasteiger partial charge in [-0.3, -0.25) is 0 Å². The third kappa shape index (κ3) is 4.89. The fraction of sp³-hybridized carbons (Fsp3) is 0.458. The summed E-state index contributed by atoms with van der Waals surface area (Å²) in [6, 6.07) is 7.50. The lowest BCUT2D eigenvalue weighted by molar-refractivity contribution is 0.148. The fourth-order valence-corrected chi connectivity index (χ4v) is 4.27. The molecular weight excluding hydrogens is 410 g/mol. The number of anilines is 1. The van der Waals surface area contributed by atoms with Gasteiger partial charge in [0.05, 0.1) is 23.1 Å². The molecule has 0 aliphatic heterocycles. The summed E-state index contributed by atoms with van der Waals surface area (Å²) >= 11 is 0. The first kappa shape index (κ1) is 22.2. The minimum Gasteiger partial charge on any atom is -0.367 e. The van der Waals surface area contributed by atoms with E-state index in [-0.39, 0.29) is 11.6 Å². The second-order valence-electron chi connectivity index (χ2n) is 9.50. The third-order valence-electron chi connectivity index (χ3n) is 6.29. The summed E-state index contributed by atoms with van der Waals surface area (Å²) in [5, 5.41) is 8.21. The highest BCUT2D eigenvalue weighted by Crippen LogP contribution is 2.37. The van der Waals surface area contributed by atoms with E-state index in [4.69, 9.17) is 5.73 Å². The van der Waals surface area contributed by atoms with Crippen molar-refractivity contribution in [2.75, 3.05) is 5.73 Å². The number of aromatic nitrogens is 5. The average Bonchev–Trinajstić information content (AvgIpc) is 3.36. The molecule has 1 aliphatic rings. The van der Waals surface area contributed by atoms with E-state index < -0.39 is 12.8 Å². The lowest BCUT2D eigenvalue weighted by atomic mass is 9.74. The fourth-order valence-electron chi connectivity index (χ4n) is 4.27. The summed E-state index contributed by atoms with van der Waals surface area (Å²) in [6.45, 7) is 7.15. The van der Waals surface area contributed by atoms with Crippen molar-refractivity contribution in [3.8, 4) is 11.1 Å². The first-order valence-corrected chi connectivity index (χ1v) is 11.1. The van der Waals surface area contributed by atoms with Gasteiger partial charge in [0, 0.05) is 24.2 Å². The molecule has 0 saturated heterocycles. The summed E-state index contributed by atoms with van der Waals surface area (Å²) in [4.78, 5) is 4.00. The van der Waals surface area contributed by atoms with Gasteiger partial charge in [0.2, 0.25) is 12.4 Å². The van der Waals surface area contributed by atoms with Gasteiger partial charge in [-0.1, -0.05) is 33.6 Å². The zero-order valence-electron chi connectivity index (χ0n) is 18.8. The monoisotopic (exact) mass is 440 g/mol. The maximum atomic E-state index is 12.9. The predicted octanol–water partition coefficient (Wildman–Crippen LogP) is 5.66. The van der Waals surface area contributed by atoms with Crippen LogP contribution in [-0.4, -0.2) is 30.6 Å². The normalized spacial score (nSPS) is 16.4. The van der Waals surface area contributed by atoms with E-state index in [1.54, 1.807) is 16.9 Å². The second-order valence-corrected chi connectivity index (χ2v) is 9.50. The summed E-state index contributed by atoms with van der Waals surface area (Å²) in [6.07, 6.45) is 8.01. The van der Waals surface area contributed by atoms with Gasteiger partial charge < -0.3 is 5.73 Å². The van der Waals surface area contributed by atoms with Crippen molar-refractivity contribution in [3.05, 3.63) is 48.5 Å². The van der Waals surface area contributed by atoms with E-state index in [2.05, 4.69) is 36.0 Å². The van der Waals surface area contributed by atoms with E-state index >= 15 is 0 Å². The van der Waals surface area contributed by atoms with Gasteiger partial charge in [-0.25, -0.2) is 22.8 Å². The highest BCUT2D eigenvalue weighted by molar-refractivity contribution is 5.84. The summed E-state index contributed by atoms with van der Waals surface area (Å²) in [5.74, 6) is 0.972. The Balaban J connectivity index is 0.000000230. The van der Waals surface area contributed by atoms with E-state index in [0.29, 0.717) is 10.9 Å². The van der Waals surface area contributed by atoms with Crippen molar-refractivity contribution in [1.82, 2.24) is 24.2 Å². The van der Waals surface area contributed by atoms with Crippen LogP contribution in [0.15, 0.2) is 42.9 Å². The first-order valence-electron chi connectivity index (χ1n) is 11.1. The van der Waals surface area contributed by atoms with Crippen LogP contribution in [0.4, 0.5) is 14.7 Å². The molecule has 0 atom stereocenters. The number of fused-ring (bicyclic) bond motifs is 2. The highest BCUT2D eigenvalue weighted by atomic mass is 19.3. The molecule has 4 aromatic rings. The molecule has 0 bridgehead atoms. The molecule has 4 aromatic heterocycles. The van der Waals surface area contributed by atoms with Crippen LogP contribution in [0.25, 0.3) is 22.2 Å². The second kappa shape index (κ2) is 8.84. The molecule has 4 heterocycles. The minimum atomic E-state index is -2.51. The van der Waals surface area contributed by atoms with E-state index in [1.807, 2.05) is 30.5 Å². The van der Waals surface area contributed by atoms with Crippen LogP contribution in [-0.2, 0) is 6.42 Å². The van der Waals surface area contributed by atoms with Crippen LogP contribution in [0, 0.1) is 11.3 Å². The topological polar surface area (TPSA) is 73.5 Å². The van der Waals surface area contributed by atoms with Crippen LogP contribution in [0.5, 0.6) is 0 Å². The molecule has 1 fully saturated rings. The molecule has 6 nitrogen and oxygen atoms in total. The summed E-state index contributed by atoms with van der Waals surface area (Å²) in [7, 11) is 0. The maximum absolute atomic E-state index is 12.9. The van der Waals surface area contributed by atoms with Crippen LogP contribution in [0.2, 0.25) is 0 Å². The molecule has 5 rings (SSSR count). The van der Waals surface area contributed by atoms with Gasteiger partial charge >= 0.3 is 0 Å². The maximum Gasteiger partial charge on any atom is 0.244 e. The average molecular weight is 441 g/mol. The Labute approximate surface area is 186 Å². The standard InChI is InChI=1S/C15H12F2N6.C9H18/c16-13(17)8-12-14-11(3-6-23(14)21-15(18)20-12)9-2-5-22-10(7-9)1-4-19-22;1-8-4-6-9(2,3)7-5-8/h1-7,13H,8H2,(H2,18,21);8H,4-7H2,1-3H3. The Morgan fingerprint density at radius 3 is 2.53 bits per heavy atom. The molecule has 1 saturated carbocycles.